The molecule has 4 heteroatoms. The molecule has 0 unspecified atom stereocenters. The van der Waals surface area contributed by atoms with Gasteiger partial charge in [-0.05, 0) is 37.5 Å². The van der Waals surface area contributed by atoms with Crippen LogP contribution in [0.5, 0.6) is 0 Å². The summed E-state index contributed by atoms with van der Waals surface area (Å²) in [6.45, 7) is 4.49. The van der Waals surface area contributed by atoms with E-state index >= 15 is 0 Å². The summed E-state index contributed by atoms with van der Waals surface area (Å²) in [6.07, 6.45) is 5.54. The average Bonchev–Trinajstić information content (AvgIpc) is 2.02. The lowest BCUT2D eigenvalue weighted by Gasteiger charge is -2.30. The zero-order valence-electron chi connectivity index (χ0n) is 9.29. The van der Waals surface area contributed by atoms with E-state index in [1.165, 1.54) is 6.26 Å². The Balaban J connectivity index is 2.36. The van der Waals surface area contributed by atoms with Crippen LogP contribution in [0.15, 0.2) is 0 Å². The summed E-state index contributed by atoms with van der Waals surface area (Å²) in [5.41, 5.74) is 0. The van der Waals surface area contributed by atoms with Crippen molar-refractivity contribution < 1.29 is 8.42 Å². The van der Waals surface area contributed by atoms with Gasteiger partial charge in [0.1, 0.15) is 0 Å². The lowest BCUT2D eigenvalue weighted by Crippen LogP contribution is -2.37. The molecule has 1 aliphatic rings. The van der Waals surface area contributed by atoms with Crippen molar-refractivity contribution in [2.75, 3.05) is 6.26 Å². The van der Waals surface area contributed by atoms with Crippen LogP contribution >= 0.6 is 0 Å². The molecule has 0 aromatic heterocycles. The van der Waals surface area contributed by atoms with Gasteiger partial charge in [0, 0.05) is 6.04 Å². The number of hydrogen-bond acceptors (Lipinski definition) is 2. The molecule has 0 bridgehead atoms. The maximum absolute atomic E-state index is 11.0. The van der Waals surface area contributed by atoms with E-state index in [4.69, 9.17) is 0 Å². The Morgan fingerprint density at radius 2 is 1.64 bits per heavy atom. The largest absolute Gasteiger partial charge is 0.213 e. The molecule has 0 atom stereocenters. The normalized spacial score (nSPS) is 29.4. The zero-order chi connectivity index (χ0) is 10.8. The van der Waals surface area contributed by atoms with E-state index in [0.717, 1.165) is 37.5 Å². The summed E-state index contributed by atoms with van der Waals surface area (Å²) < 4.78 is 24.7. The van der Waals surface area contributed by atoms with Crippen molar-refractivity contribution in [3.63, 3.8) is 0 Å². The van der Waals surface area contributed by atoms with Crippen LogP contribution in [-0.4, -0.2) is 20.7 Å². The number of hydrogen-bond donors (Lipinski definition) is 1. The van der Waals surface area contributed by atoms with Crippen molar-refractivity contribution in [2.24, 2.45) is 11.8 Å². The zero-order valence-corrected chi connectivity index (χ0v) is 10.1. The van der Waals surface area contributed by atoms with Crippen LogP contribution in [0.25, 0.3) is 0 Å². The lowest BCUT2D eigenvalue weighted by atomic mass is 9.80. The van der Waals surface area contributed by atoms with Crippen LogP contribution in [0.3, 0.4) is 0 Å². The second-order valence-electron chi connectivity index (χ2n) is 4.75. The molecule has 3 nitrogen and oxygen atoms in total. The van der Waals surface area contributed by atoms with Crippen LogP contribution in [0.2, 0.25) is 0 Å². The molecule has 0 heterocycles. The third kappa shape index (κ3) is 3.96. The van der Waals surface area contributed by atoms with E-state index in [0.29, 0.717) is 0 Å². The Kier molecular flexibility index (Phi) is 3.95. The summed E-state index contributed by atoms with van der Waals surface area (Å²) in [5.74, 6) is 1.52. The van der Waals surface area contributed by atoms with E-state index in [1.807, 2.05) is 0 Å². The molecule has 14 heavy (non-hydrogen) atoms. The summed E-state index contributed by atoms with van der Waals surface area (Å²) in [7, 11) is -3.01. The molecule has 0 aromatic rings. The minimum atomic E-state index is -3.01. The Hall–Kier alpha value is -0.0900. The molecular weight excluding hydrogens is 198 g/mol. The number of sulfonamides is 1. The molecule has 0 saturated heterocycles. The highest BCUT2D eigenvalue weighted by molar-refractivity contribution is 7.88. The van der Waals surface area contributed by atoms with Crippen LogP contribution < -0.4 is 4.72 Å². The van der Waals surface area contributed by atoms with Gasteiger partial charge in [-0.1, -0.05) is 13.8 Å². The van der Waals surface area contributed by atoms with E-state index in [9.17, 15) is 8.42 Å². The summed E-state index contributed by atoms with van der Waals surface area (Å²) in [4.78, 5) is 0. The topological polar surface area (TPSA) is 46.2 Å². The van der Waals surface area contributed by atoms with Gasteiger partial charge in [0.05, 0.1) is 6.26 Å². The molecule has 0 aliphatic heterocycles. The highest BCUT2D eigenvalue weighted by Gasteiger charge is 2.24. The highest BCUT2D eigenvalue weighted by atomic mass is 32.2. The van der Waals surface area contributed by atoms with Crippen molar-refractivity contribution in [2.45, 2.75) is 45.6 Å². The van der Waals surface area contributed by atoms with Gasteiger partial charge < -0.3 is 0 Å². The fourth-order valence-corrected chi connectivity index (χ4v) is 3.05. The van der Waals surface area contributed by atoms with Crippen LogP contribution in [0, 0.1) is 11.8 Å². The smallest absolute Gasteiger partial charge is 0.208 e. The van der Waals surface area contributed by atoms with E-state index in [2.05, 4.69) is 18.6 Å². The average molecular weight is 219 g/mol. The molecule has 1 rings (SSSR count). The quantitative estimate of drug-likeness (QED) is 0.786. The number of rotatable bonds is 3. The molecular formula is C10H21NO2S. The van der Waals surface area contributed by atoms with Crippen molar-refractivity contribution in [3.8, 4) is 0 Å². The Labute approximate surface area is 87.3 Å². The highest BCUT2D eigenvalue weighted by Crippen LogP contribution is 2.29. The standard InChI is InChI=1S/C10H21NO2S/c1-8(2)9-4-6-10(7-5-9)11-14(3,12)13/h8-11H,4-7H2,1-3H3. The van der Waals surface area contributed by atoms with Gasteiger partial charge in [0.25, 0.3) is 0 Å². The fraction of sp³-hybridized carbons (Fsp3) is 1.00. The first-order chi connectivity index (χ1) is 6.38. The first-order valence-electron chi connectivity index (χ1n) is 5.36. The van der Waals surface area contributed by atoms with Gasteiger partial charge in [-0.25, -0.2) is 13.1 Å². The third-order valence-electron chi connectivity index (χ3n) is 3.10. The maximum Gasteiger partial charge on any atom is 0.208 e. The van der Waals surface area contributed by atoms with Gasteiger partial charge in [-0.2, -0.15) is 0 Å². The van der Waals surface area contributed by atoms with Crippen LogP contribution in [-0.2, 0) is 10.0 Å². The van der Waals surface area contributed by atoms with Crippen molar-refractivity contribution in [1.82, 2.24) is 4.72 Å². The minimum Gasteiger partial charge on any atom is -0.213 e. The van der Waals surface area contributed by atoms with Gasteiger partial charge >= 0.3 is 0 Å². The Morgan fingerprint density at radius 1 is 1.14 bits per heavy atom. The van der Waals surface area contributed by atoms with Gasteiger partial charge in [-0.3, -0.25) is 0 Å². The SMILES string of the molecule is CC(C)C1CCC(NS(C)(=O)=O)CC1. The molecule has 0 radical (unpaired) electrons. The third-order valence-corrected chi connectivity index (χ3v) is 3.86. The molecule has 0 aromatic carbocycles. The van der Waals surface area contributed by atoms with Crippen LogP contribution in [0.1, 0.15) is 39.5 Å². The summed E-state index contributed by atoms with van der Waals surface area (Å²) in [6, 6.07) is 0.181. The van der Waals surface area contributed by atoms with Crippen LogP contribution in [0.4, 0.5) is 0 Å². The molecule has 1 saturated carbocycles. The molecule has 0 spiro atoms. The Morgan fingerprint density at radius 3 is 2.00 bits per heavy atom. The minimum absolute atomic E-state index is 0.181. The monoisotopic (exact) mass is 219 g/mol. The fourth-order valence-electron chi connectivity index (χ4n) is 2.21. The Bertz CT molecular complexity index is 264. The molecule has 0 amide bonds. The van der Waals surface area contributed by atoms with E-state index in [-0.39, 0.29) is 6.04 Å². The molecule has 1 fully saturated rings. The second kappa shape index (κ2) is 4.62. The van der Waals surface area contributed by atoms with Crippen molar-refractivity contribution in [1.29, 1.82) is 0 Å². The second-order valence-corrected chi connectivity index (χ2v) is 6.53. The predicted molar refractivity (Wildman–Crippen MR) is 58.6 cm³/mol. The predicted octanol–water partition coefficient (Wildman–Crippen LogP) is 1.75. The summed E-state index contributed by atoms with van der Waals surface area (Å²) in [5, 5.41) is 0. The first kappa shape index (κ1) is 12.0. The molecule has 1 N–H and O–H groups in total. The van der Waals surface area contributed by atoms with E-state index < -0.39 is 10.0 Å². The van der Waals surface area contributed by atoms with Crippen molar-refractivity contribution in [3.05, 3.63) is 0 Å². The molecule has 84 valence electrons. The van der Waals surface area contributed by atoms with E-state index in [1.54, 1.807) is 0 Å². The summed E-state index contributed by atoms with van der Waals surface area (Å²) >= 11 is 0. The lowest BCUT2D eigenvalue weighted by molar-refractivity contribution is 0.252. The maximum atomic E-state index is 11.0. The first-order valence-corrected chi connectivity index (χ1v) is 7.25. The molecule has 1 aliphatic carbocycles. The van der Waals surface area contributed by atoms with Crippen molar-refractivity contribution >= 4 is 10.0 Å². The number of nitrogens with one attached hydrogen (secondary N) is 1. The van der Waals surface area contributed by atoms with Gasteiger partial charge in [0.2, 0.25) is 10.0 Å². The van der Waals surface area contributed by atoms with Gasteiger partial charge in [-0.15, -0.1) is 0 Å². The van der Waals surface area contributed by atoms with Gasteiger partial charge in [0.15, 0.2) is 0 Å².